The Morgan fingerprint density at radius 2 is 2.19 bits per heavy atom. The third kappa shape index (κ3) is 3.31. The van der Waals surface area contributed by atoms with Crippen LogP contribution >= 0.6 is 0 Å². The van der Waals surface area contributed by atoms with Gasteiger partial charge in [-0.05, 0) is 68.7 Å². The Balaban J connectivity index is 1.40. The molecule has 1 amide bonds. The summed E-state index contributed by atoms with van der Waals surface area (Å²) in [5, 5.41) is 9.27. The standard InChI is InChI=1S/C24H27N5O2/c1-16-17(2)26-11-21(16)29-14-24(31-22(29)30)8-4-7-23(3,12-24)13-28-15-27-19-6-5-18(10-25)9-20(19)28/h5-6,9,11,15,17H,4,7-8,12-14H2,1-3H3. The fraction of sp³-hybridized carbons (Fsp3) is 0.500. The third-order valence-corrected chi connectivity index (χ3v) is 7.18. The van der Waals surface area contributed by atoms with E-state index >= 15 is 0 Å². The molecule has 0 radical (unpaired) electrons. The van der Waals surface area contributed by atoms with E-state index in [1.54, 1.807) is 11.0 Å². The number of hydrogen-bond donors (Lipinski definition) is 0. The second-order valence-electron chi connectivity index (χ2n) is 9.69. The Bertz CT molecular complexity index is 1170. The first-order chi connectivity index (χ1) is 14.8. The predicted molar refractivity (Wildman–Crippen MR) is 118 cm³/mol. The molecule has 1 spiro atoms. The summed E-state index contributed by atoms with van der Waals surface area (Å²) in [6, 6.07) is 7.92. The average molecular weight is 418 g/mol. The number of carbonyl (C=O) groups excluding carboxylic acids is 1. The lowest BCUT2D eigenvalue weighted by Gasteiger charge is -2.43. The van der Waals surface area contributed by atoms with Crippen molar-refractivity contribution >= 4 is 23.3 Å². The highest BCUT2D eigenvalue weighted by molar-refractivity contribution is 5.89. The fourth-order valence-electron chi connectivity index (χ4n) is 5.51. The van der Waals surface area contributed by atoms with Crippen molar-refractivity contribution in [3.8, 4) is 6.07 Å². The molecule has 3 unspecified atom stereocenters. The maximum absolute atomic E-state index is 12.8. The minimum absolute atomic E-state index is 0.0364. The summed E-state index contributed by atoms with van der Waals surface area (Å²) in [4.78, 5) is 23.6. The van der Waals surface area contributed by atoms with Gasteiger partial charge in [0.05, 0.1) is 47.3 Å². The van der Waals surface area contributed by atoms with Crippen molar-refractivity contribution in [2.75, 3.05) is 6.54 Å². The van der Waals surface area contributed by atoms with Crippen molar-refractivity contribution in [1.82, 2.24) is 14.5 Å². The molecule has 2 fully saturated rings. The second kappa shape index (κ2) is 6.94. The lowest BCUT2D eigenvalue weighted by molar-refractivity contribution is -0.0268. The largest absolute Gasteiger partial charge is 0.441 e. The van der Waals surface area contributed by atoms with Crippen LogP contribution in [0.3, 0.4) is 0 Å². The molecule has 2 aliphatic heterocycles. The topological polar surface area (TPSA) is 83.5 Å². The van der Waals surface area contributed by atoms with Crippen molar-refractivity contribution in [1.29, 1.82) is 5.26 Å². The monoisotopic (exact) mass is 417 g/mol. The number of aliphatic imine (C=N–C) groups is 1. The summed E-state index contributed by atoms with van der Waals surface area (Å²) >= 11 is 0. The number of benzene rings is 1. The smallest absolute Gasteiger partial charge is 0.415 e. The molecule has 3 aliphatic rings. The zero-order valence-corrected chi connectivity index (χ0v) is 18.3. The fourth-order valence-corrected chi connectivity index (χ4v) is 5.51. The Hall–Kier alpha value is -3.14. The van der Waals surface area contributed by atoms with Crippen molar-refractivity contribution in [2.24, 2.45) is 10.4 Å². The number of imidazole rings is 1. The zero-order valence-electron chi connectivity index (χ0n) is 18.3. The molecule has 1 aromatic heterocycles. The molecule has 160 valence electrons. The molecule has 1 saturated carbocycles. The van der Waals surface area contributed by atoms with Crippen LogP contribution < -0.4 is 0 Å². The lowest BCUT2D eigenvalue weighted by Crippen LogP contribution is -2.44. The van der Waals surface area contributed by atoms with E-state index in [0.717, 1.165) is 54.5 Å². The van der Waals surface area contributed by atoms with E-state index < -0.39 is 5.60 Å². The summed E-state index contributed by atoms with van der Waals surface area (Å²) < 4.78 is 8.20. The minimum atomic E-state index is -0.467. The number of nitriles is 1. The van der Waals surface area contributed by atoms with Crippen molar-refractivity contribution in [3.63, 3.8) is 0 Å². The molecule has 7 heteroatoms. The van der Waals surface area contributed by atoms with Gasteiger partial charge >= 0.3 is 6.09 Å². The molecule has 0 bridgehead atoms. The number of carbonyl (C=O) groups is 1. The Morgan fingerprint density at radius 1 is 1.35 bits per heavy atom. The highest BCUT2D eigenvalue weighted by Gasteiger charge is 2.52. The summed E-state index contributed by atoms with van der Waals surface area (Å²) in [5.74, 6) is 0. The van der Waals surface area contributed by atoms with Gasteiger partial charge in [0.2, 0.25) is 0 Å². The zero-order chi connectivity index (χ0) is 21.8. The summed E-state index contributed by atoms with van der Waals surface area (Å²) in [5.41, 5.74) is 4.01. The first-order valence-electron chi connectivity index (χ1n) is 10.9. The quantitative estimate of drug-likeness (QED) is 0.740. The van der Waals surface area contributed by atoms with E-state index in [-0.39, 0.29) is 17.6 Å². The first-order valence-corrected chi connectivity index (χ1v) is 10.9. The number of amides is 1. The van der Waals surface area contributed by atoms with E-state index in [1.807, 2.05) is 38.5 Å². The molecule has 0 N–H and O–H groups in total. The lowest BCUT2D eigenvalue weighted by atomic mass is 9.68. The van der Waals surface area contributed by atoms with Crippen molar-refractivity contribution < 1.29 is 9.53 Å². The molecule has 5 rings (SSSR count). The molecule has 1 aromatic carbocycles. The van der Waals surface area contributed by atoms with Crippen molar-refractivity contribution in [2.45, 2.75) is 64.6 Å². The molecule has 7 nitrogen and oxygen atoms in total. The number of aromatic nitrogens is 2. The third-order valence-electron chi connectivity index (χ3n) is 7.18. The number of fused-ring (bicyclic) bond motifs is 1. The molecule has 31 heavy (non-hydrogen) atoms. The van der Waals surface area contributed by atoms with Gasteiger partial charge in [0.15, 0.2) is 0 Å². The summed E-state index contributed by atoms with van der Waals surface area (Å²) in [6.45, 7) is 7.71. The second-order valence-corrected chi connectivity index (χ2v) is 9.69. The molecular weight excluding hydrogens is 390 g/mol. The number of allylic oxidation sites excluding steroid dienone is 1. The van der Waals surface area contributed by atoms with Gasteiger partial charge in [-0.15, -0.1) is 0 Å². The number of ether oxygens (including phenoxy) is 1. The van der Waals surface area contributed by atoms with E-state index in [2.05, 4.69) is 27.5 Å². The molecule has 3 heterocycles. The Morgan fingerprint density at radius 3 is 2.94 bits per heavy atom. The van der Waals surface area contributed by atoms with Crippen LogP contribution in [0.1, 0.15) is 52.0 Å². The number of hydrogen-bond acceptors (Lipinski definition) is 5. The Kier molecular flexibility index (Phi) is 4.44. The molecule has 3 atom stereocenters. The maximum atomic E-state index is 12.8. The SMILES string of the molecule is CC1=C(N2CC3(CCCC(C)(Cn4cnc5ccc(C#N)cc54)C3)OC2=O)C=NC1C. The predicted octanol–water partition coefficient (Wildman–Crippen LogP) is 4.43. The molecule has 1 saturated heterocycles. The van der Waals surface area contributed by atoms with E-state index in [0.29, 0.717) is 12.1 Å². The Labute approximate surface area is 182 Å². The van der Waals surface area contributed by atoms with Crippen LogP contribution in [0.25, 0.3) is 11.0 Å². The van der Waals surface area contributed by atoms with E-state index in [9.17, 15) is 10.1 Å². The summed E-state index contributed by atoms with van der Waals surface area (Å²) in [7, 11) is 0. The van der Waals surface area contributed by atoms with Crippen molar-refractivity contribution in [3.05, 3.63) is 41.4 Å². The molecule has 1 aliphatic carbocycles. The van der Waals surface area contributed by atoms with Crippen LogP contribution in [-0.2, 0) is 11.3 Å². The number of rotatable bonds is 3. The van der Waals surface area contributed by atoms with Gasteiger partial charge in [-0.2, -0.15) is 5.26 Å². The maximum Gasteiger partial charge on any atom is 0.415 e. The number of nitrogens with zero attached hydrogens (tertiary/aromatic N) is 5. The van der Waals surface area contributed by atoms with Crippen LogP contribution in [0, 0.1) is 16.7 Å². The molecular formula is C24H27N5O2. The van der Waals surface area contributed by atoms with Gasteiger partial charge in [0, 0.05) is 12.8 Å². The van der Waals surface area contributed by atoms with Crippen LogP contribution in [-0.4, -0.2) is 44.9 Å². The van der Waals surface area contributed by atoms with E-state index in [1.165, 1.54) is 0 Å². The minimum Gasteiger partial charge on any atom is -0.441 e. The highest BCUT2D eigenvalue weighted by atomic mass is 16.6. The van der Waals surface area contributed by atoms with Gasteiger partial charge < -0.3 is 9.30 Å². The van der Waals surface area contributed by atoms with Crippen LogP contribution in [0.4, 0.5) is 4.79 Å². The van der Waals surface area contributed by atoms with Crippen LogP contribution in [0.2, 0.25) is 0 Å². The van der Waals surface area contributed by atoms with Gasteiger partial charge in [-0.1, -0.05) is 6.92 Å². The van der Waals surface area contributed by atoms with E-state index in [4.69, 9.17) is 4.74 Å². The summed E-state index contributed by atoms with van der Waals surface area (Å²) in [6.07, 6.45) is 7.17. The first kappa shape index (κ1) is 19.8. The average Bonchev–Trinajstić information content (AvgIpc) is 3.38. The molecule has 2 aromatic rings. The van der Waals surface area contributed by atoms with Gasteiger partial charge in [-0.3, -0.25) is 9.89 Å². The van der Waals surface area contributed by atoms with Gasteiger partial charge in [0.25, 0.3) is 0 Å². The van der Waals surface area contributed by atoms with Crippen LogP contribution in [0.5, 0.6) is 0 Å². The normalized spacial score (nSPS) is 30.5. The van der Waals surface area contributed by atoms with Gasteiger partial charge in [-0.25, -0.2) is 9.78 Å². The van der Waals surface area contributed by atoms with Crippen LogP contribution in [0.15, 0.2) is 40.8 Å². The van der Waals surface area contributed by atoms with Gasteiger partial charge in [0.1, 0.15) is 5.60 Å². The highest BCUT2D eigenvalue weighted by Crippen LogP contribution is 2.48.